The Morgan fingerprint density at radius 2 is 2.44 bits per heavy atom. The molecule has 2 aliphatic heterocycles. The van der Waals surface area contributed by atoms with Gasteiger partial charge < -0.3 is 9.47 Å². The van der Waals surface area contributed by atoms with Crippen molar-refractivity contribution in [2.24, 2.45) is 15.5 Å². The summed E-state index contributed by atoms with van der Waals surface area (Å²) in [6, 6.07) is 0. The van der Waals surface area contributed by atoms with Gasteiger partial charge in [0.25, 0.3) is 0 Å². The van der Waals surface area contributed by atoms with Crippen LogP contribution in [0.1, 0.15) is 13.3 Å². The van der Waals surface area contributed by atoms with E-state index in [4.69, 9.17) is 9.47 Å². The lowest BCUT2D eigenvalue weighted by Gasteiger charge is -2.33. The Hall–Kier alpha value is -1.69. The molecule has 0 aromatic carbocycles. The van der Waals surface area contributed by atoms with Gasteiger partial charge in [-0.15, -0.1) is 5.11 Å². The maximum Gasteiger partial charge on any atom is 0.159 e. The van der Waals surface area contributed by atoms with E-state index < -0.39 is 0 Å². The monoisotopic (exact) mass is 221 g/mol. The zero-order chi connectivity index (χ0) is 11.0. The number of oxime groups is 1. The van der Waals surface area contributed by atoms with Crippen LogP contribution in [0.5, 0.6) is 0 Å². The Labute approximate surface area is 92.2 Å². The Morgan fingerprint density at radius 1 is 1.50 bits per heavy atom. The highest BCUT2D eigenvalue weighted by atomic mass is 16.8. The largest absolute Gasteiger partial charge is 0.487 e. The normalized spacial score (nSPS) is 31.2. The molecule has 0 amide bonds. The summed E-state index contributed by atoms with van der Waals surface area (Å²) in [6.07, 6.45) is 4.48. The lowest BCUT2D eigenvalue weighted by molar-refractivity contribution is -0.0741. The first kappa shape index (κ1) is 9.53. The molecule has 0 saturated carbocycles. The predicted octanol–water partition coefficient (Wildman–Crippen LogP) is 1.72. The van der Waals surface area contributed by atoms with Gasteiger partial charge in [-0.1, -0.05) is 6.92 Å². The third-order valence-electron chi connectivity index (χ3n) is 2.69. The smallest absolute Gasteiger partial charge is 0.159 e. The standard InChI is InChI=1S/C10H11N3O3/c1-2-6-5-14-8-4-3-7-9(10(8)15-6)11-13-16-12-7/h3-4,6,8H,2,5H2,1H3. The second kappa shape index (κ2) is 3.71. The summed E-state index contributed by atoms with van der Waals surface area (Å²) < 4.78 is 11.5. The SMILES string of the molecule is CCC1COC2C=CC3=NON=NC3=C2O1. The zero-order valence-electron chi connectivity index (χ0n) is 8.79. The van der Waals surface area contributed by atoms with Gasteiger partial charge in [0.1, 0.15) is 17.9 Å². The Bertz CT molecular complexity index is 425. The van der Waals surface area contributed by atoms with Crippen LogP contribution in [-0.2, 0) is 14.4 Å². The number of nitrogens with zero attached hydrogens (tertiary/aromatic N) is 3. The molecule has 1 fully saturated rings. The van der Waals surface area contributed by atoms with Gasteiger partial charge in [0.2, 0.25) is 0 Å². The van der Waals surface area contributed by atoms with E-state index in [0.29, 0.717) is 23.8 Å². The lowest BCUT2D eigenvalue weighted by Crippen LogP contribution is -2.35. The van der Waals surface area contributed by atoms with Crippen LogP contribution in [0.3, 0.4) is 0 Å². The Morgan fingerprint density at radius 3 is 3.31 bits per heavy atom. The quantitative estimate of drug-likeness (QED) is 0.677. The van der Waals surface area contributed by atoms with Crippen molar-refractivity contribution in [3.8, 4) is 0 Å². The van der Waals surface area contributed by atoms with Crippen molar-refractivity contribution in [3.63, 3.8) is 0 Å². The summed E-state index contributed by atoms with van der Waals surface area (Å²) >= 11 is 0. The number of hydrogen-bond donors (Lipinski definition) is 0. The fraction of sp³-hybridized carbons (Fsp3) is 0.500. The van der Waals surface area contributed by atoms with E-state index in [-0.39, 0.29) is 12.2 Å². The van der Waals surface area contributed by atoms with Gasteiger partial charge in [0, 0.05) is 0 Å². The minimum atomic E-state index is -0.172. The van der Waals surface area contributed by atoms with Crippen molar-refractivity contribution in [2.75, 3.05) is 6.61 Å². The summed E-state index contributed by atoms with van der Waals surface area (Å²) in [5, 5.41) is 11.1. The van der Waals surface area contributed by atoms with Gasteiger partial charge in [-0.2, -0.15) is 0 Å². The molecule has 2 unspecified atom stereocenters. The molecule has 0 aromatic rings. The van der Waals surface area contributed by atoms with Crippen LogP contribution in [-0.4, -0.2) is 24.5 Å². The van der Waals surface area contributed by atoms with Gasteiger partial charge in [-0.25, -0.2) is 4.94 Å². The molecule has 1 aliphatic carbocycles. The predicted molar refractivity (Wildman–Crippen MR) is 54.4 cm³/mol. The fourth-order valence-corrected chi connectivity index (χ4v) is 1.78. The summed E-state index contributed by atoms with van der Waals surface area (Å²) in [5.74, 6) is 0.686. The van der Waals surface area contributed by atoms with Crippen molar-refractivity contribution in [2.45, 2.75) is 25.6 Å². The molecule has 2 atom stereocenters. The van der Waals surface area contributed by atoms with E-state index in [1.807, 2.05) is 6.08 Å². The lowest BCUT2D eigenvalue weighted by atomic mass is 10.0. The van der Waals surface area contributed by atoms with Gasteiger partial charge in [0.05, 0.1) is 11.9 Å². The Kier molecular flexibility index (Phi) is 2.21. The third-order valence-corrected chi connectivity index (χ3v) is 2.69. The second-order valence-electron chi connectivity index (χ2n) is 3.71. The van der Waals surface area contributed by atoms with Crippen LogP contribution >= 0.6 is 0 Å². The van der Waals surface area contributed by atoms with Crippen molar-refractivity contribution in [1.29, 1.82) is 0 Å². The topological polar surface area (TPSA) is 64.8 Å². The molecule has 84 valence electrons. The maximum atomic E-state index is 5.82. The van der Waals surface area contributed by atoms with Crippen molar-refractivity contribution in [3.05, 3.63) is 23.6 Å². The number of rotatable bonds is 1. The molecule has 2 heterocycles. The van der Waals surface area contributed by atoms with Crippen LogP contribution in [0.2, 0.25) is 0 Å². The summed E-state index contributed by atoms with van der Waals surface area (Å²) in [6.45, 7) is 2.65. The average molecular weight is 221 g/mol. The van der Waals surface area contributed by atoms with Crippen molar-refractivity contribution in [1.82, 2.24) is 0 Å². The van der Waals surface area contributed by atoms with E-state index in [1.54, 1.807) is 6.08 Å². The molecule has 0 aromatic heterocycles. The van der Waals surface area contributed by atoms with Crippen LogP contribution in [0.4, 0.5) is 0 Å². The summed E-state index contributed by atoms with van der Waals surface area (Å²) in [4.78, 5) is 4.54. The third kappa shape index (κ3) is 1.42. The van der Waals surface area contributed by atoms with E-state index in [2.05, 4.69) is 27.4 Å². The number of fused-ring (bicyclic) bond motifs is 2. The van der Waals surface area contributed by atoms with Crippen molar-refractivity contribution < 1.29 is 14.4 Å². The molecular weight excluding hydrogens is 210 g/mol. The molecule has 0 N–H and O–H groups in total. The van der Waals surface area contributed by atoms with Crippen molar-refractivity contribution >= 4 is 5.71 Å². The fourth-order valence-electron chi connectivity index (χ4n) is 1.78. The average Bonchev–Trinajstić information content (AvgIpc) is 2.38. The molecule has 6 nitrogen and oxygen atoms in total. The van der Waals surface area contributed by atoms with Gasteiger partial charge >= 0.3 is 0 Å². The molecule has 0 spiro atoms. The number of allylic oxidation sites excluding steroid dienone is 1. The Balaban J connectivity index is 1.97. The molecule has 0 radical (unpaired) electrons. The molecule has 0 bridgehead atoms. The molecule has 6 heteroatoms. The highest BCUT2D eigenvalue weighted by molar-refractivity contribution is 6.09. The van der Waals surface area contributed by atoms with Gasteiger partial charge in [-0.3, -0.25) is 0 Å². The molecule has 16 heavy (non-hydrogen) atoms. The number of hydrogen-bond acceptors (Lipinski definition) is 6. The molecule has 3 rings (SSSR count). The van der Waals surface area contributed by atoms with Gasteiger partial charge in [-0.05, 0) is 23.7 Å². The zero-order valence-corrected chi connectivity index (χ0v) is 8.79. The van der Waals surface area contributed by atoms with Crippen LogP contribution in [0.15, 0.2) is 39.2 Å². The first-order valence-electron chi connectivity index (χ1n) is 5.24. The minimum absolute atomic E-state index is 0.0737. The minimum Gasteiger partial charge on any atom is -0.487 e. The van der Waals surface area contributed by atoms with E-state index >= 15 is 0 Å². The van der Waals surface area contributed by atoms with E-state index in [1.165, 1.54) is 0 Å². The van der Waals surface area contributed by atoms with Gasteiger partial charge in [0.15, 0.2) is 11.5 Å². The first-order valence-corrected chi connectivity index (χ1v) is 5.24. The van der Waals surface area contributed by atoms with Crippen LogP contribution in [0.25, 0.3) is 0 Å². The van der Waals surface area contributed by atoms with Crippen LogP contribution < -0.4 is 0 Å². The summed E-state index contributed by atoms with van der Waals surface area (Å²) in [7, 11) is 0. The van der Waals surface area contributed by atoms with E-state index in [9.17, 15) is 0 Å². The highest BCUT2D eigenvalue weighted by Gasteiger charge is 2.33. The second-order valence-corrected chi connectivity index (χ2v) is 3.71. The number of ether oxygens (including phenoxy) is 2. The first-order chi connectivity index (χ1) is 7.88. The highest BCUT2D eigenvalue weighted by Crippen LogP contribution is 2.30. The molecular formula is C10H11N3O3. The molecule has 1 saturated heterocycles. The summed E-state index contributed by atoms with van der Waals surface area (Å²) in [5.41, 5.74) is 1.23. The van der Waals surface area contributed by atoms with E-state index in [0.717, 1.165) is 6.42 Å². The maximum absolute atomic E-state index is 5.82. The molecule has 3 aliphatic rings. The van der Waals surface area contributed by atoms with Crippen LogP contribution in [0, 0.1) is 0 Å².